The van der Waals surface area contributed by atoms with Crippen molar-refractivity contribution < 1.29 is 0 Å². The van der Waals surface area contributed by atoms with Crippen molar-refractivity contribution in [1.82, 2.24) is 0 Å². The van der Waals surface area contributed by atoms with Gasteiger partial charge in [0, 0.05) is 0 Å². The first-order valence-electron chi connectivity index (χ1n) is 12.6. The van der Waals surface area contributed by atoms with Crippen molar-refractivity contribution in [3.05, 3.63) is 23.8 Å². The van der Waals surface area contributed by atoms with E-state index in [9.17, 15) is 0 Å². The summed E-state index contributed by atoms with van der Waals surface area (Å²) in [5.41, 5.74) is 3.01. The van der Waals surface area contributed by atoms with Crippen molar-refractivity contribution in [3.63, 3.8) is 0 Å². The standard InChI is InChI=1S/C28H46/c1-19(2)20(3)10-11-21(4)24-14-15-25-23-13-12-22-9-7-8-17-27(22,5)26(23)16-18-28(24,25)6/h9-11,19-21,23-26H,7-8,12-18H2,1-6H3/b11-10+/t20-,21+,23-,24+,25-,26-,27-,28+/m0/s1. The summed E-state index contributed by atoms with van der Waals surface area (Å²) in [6.45, 7) is 15.0. The third-order valence-corrected chi connectivity index (χ3v) is 10.5. The Morgan fingerprint density at radius 1 is 0.929 bits per heavy atom. The van der Waals surface area contributed by atoms with Gasteiger partial charge in [0.25, 0.3) is 0 Å². The molecule has 0 heterocycles. The van der Waals surface area contributed by atoms with Crippen LogP contribution in [0.3, 0.4) is 0 Å². The van der Waals surface area contributed by atoms with Crippen LogP contribution in [0.15, 0.2) is 23.8 Å². The lowest BCUT2D eigenvalue weighted by Crippen LogP contribution is -2.50. The van der Waals surface area contributed by atoms with Gasteiger partial charge in [0.2, 0.25) is 0 Å². The lowest BCUT2D eigenvalue weighted by Gasteiger charge is -2.58. The third-order valence-electron chi connectivity index (χ3n) is 10.5. The van der Waals surface area contributed by atoms with E-state index in [4.69, 9.17) is 0 Å². The number of hydrogen-bond donors (Lipinski definition) is 0. The third kappa shape index (κ3) is 3.26. The molecule has 0 unspecified atom stereocenters. The molecule has 4 aliphatic carbocycles. The number of rotatable bonds is 4. The summed E-state index contributed by atoms with van der Waals surface area (Å²) < 4.78 is 0. The van der Waals surface area contributed by atoms with Crippen molar-refractivity contribution >= 4 is 0 Å². The van der Waals surface area contributed by atoms with E-state index in [-0.39, 0.29) is 0 Å². The minimum Gasteiger partial charge on any atom is -0.0852 e. The van der Waals surface area contributed by atoms with Crippen molar-refractivity contribution in [2.45, 2.75) is 99.3 Å². The molecule has 0 nitrogen and oxygen atoms in total. The van der Waals surface area contributed by atoms with Gasteiger partial charge >= 0.3 is 0 Å². The van der Waals surface area contributed by atoms with Crippen LogP contribution in [0.5, 0.6) is 0 Å². The van der Waals surface area contributed by atoms with Gasteiger partial charge in [-0.1, -0.05) is 65.3 Å². The second kappa shape index (κ2) is 7.63. The van der Waals surface area contributed by atoms with E-state index in [1.807, 2.05) is 5.57 Å². The van der Waals surface area contributed by atoms with Crippen LogP contribution in [0.25, 0.3) is 0 Å². The molecule has 158 valence electrons. The highest BCUT2D eigenvalue weighted by Gasteiger charge is 2.58. The zero-order valence-corrected chi connectivity index (χ0v) is 19.6. The molecule has 0 saturated heterocycles. The van der Waals surface area contributed by atoms with Gasteiger partial charge in [0.1, 0.15) is 0 Å². The lowest BCUT2D eigenvalue weighted by molar-refractivity contribution is -0.0558. The number of hydrogen-bond acceptors (Lipinski definition) is 0. The summed E-state index contributed by atoms with van der Waals surface area (Å²) in [6, 6.07) is 0. The fraction of sp³-hybridized carbons (Fsp3) is 0.857. The zero-order valence-electron chi connectivity index (χ0n) is 19.6. The quantitative estimate of drug-likeness (QED) is 0.428. The molecule has 0 amide bonds. The Morgan fingerprint density at radius 3 is 2.46 bits per heavy atom. The molecule has 0 aromatic carbocycles. The number of fused-ring (bicyclic) bond motifs is 5. The summed E-state index contributed by atoms with van der Waals surface area (Å²) in [4.78, 5) is 0. The monoisotopic (exact) mass is 382 g/mol. The second-order valence-electron chi connectivity index (χ2n) is 12.0. The Bertz CT molecular complexity index is 624. The Labute approximate surface area is 175 Å². The average Bonchev–Trinajstić information content (AvgIpc) is 3.02. The van der Waals surface area contributed by atoms with Crippen molar-refractivity contribution in [2.24, 2.45) is 52.3 Å². The van der Waals surface area contributed by atoms with Crippen molar-refractivity contribution in [1.29, 1.82) is 0 Å². The van der Waals surface area contributed by atoms with Crippen LogP contribution < -0.4 is 0 Å². The topological polar surface area (TPSA) is 0 Å². The van der Waals surface area contributed by atoms with Crippen LogP contribution in [0.1, 0.15) is 99.3 Å². The number of allylic oxidation sites excluding steroid dienone is 4. The first-order valence-corrected chi connectivity index (χ1v) is 12.6. The van der Waals surface area contributed by atoms with E-state index in [1.54, 1.807) is 0 Å². The highest BCUT2D eigenvalue weighted by atomic mass is 14.6. The van der Waals surface area contributed by atoms with Gasteiger partial charge < -0.3 is 0 Å². The van der Waals surface area contributed by atoms with Gasteiger partial charge in [-0.15, -0.1) is 0 Å². The molecule has 8 atom stereocenters. The largest absolute Gasteiger partial charge is 0.0852 e. The van der Waals surface area contributed by atoms with E-state index in [0.29, 0.717) is 16.7 Å². The van der Waals surface area contributed by atoms with Crippen LogP contribution in [0.2, 0.25) is 0 Å². The Balaban J connectivity index is 1.52. The van der Waals surface area contributed by atoms with Gasteiger partial charge in [0.15, 0.2) is 0 Å². The molecule has 0 aliphatic heterocycles. The second-order valence-corrected chi connectivity index (χ2v) is 12.0. The molecule has 3 saturated carbocycles. The summed E-state index contributed by atoms with van der Waals surface area (Å²) in [7, 11) is 0. The van der Waals surface area contributed by atoms with Crippen molar-refractivity contribution in [3.8, 4) is 0 Å². The molecule has 0 aromatic heterocycles. The summed E-state index contributed by atoms with van der Waals surface area (Å²) in [5.74, 6) is 6.10. The maximum absolute atomic E-state index is 2.70. The smallest absolute Gasteiger partial charge is 0.00853 e. The summed E-state index contributed by atoms with van der Waals surface area (Å²) >= 11 is 0. The highest BCUT2D eigenvalue weighted by Crippen LogP contribution is 2.67. The first-order chi connectivity index (χ1) is 13.3. The van der Waals surface area contributed by atoms with Gasteiger partial charge in [0.05, 0.1) is 0 Å². The van der Waals surface area contributed by atoms with Crippen molar-refractivity contribution in [2.75, 3.05) is 0 Å². The normalized spacial score (nSPS) is 45.3. The van der Waals surface area contributed by atoms with Crippen LogP contribution >= 0.6 is 0 Å². The maximum atomic E-state index is 2.70. The zero-order chi connectivity index (χ0) is 20.1. The van der Waals surface area contributed by atoms with E-state index >= 15 is 0 Å². The van der Waals surface area contributed by atoms with Crippen LogP contribution in [-0.4, -0.2) is 0 Å². The molecular formula is C28H46. The molecule has 4 rings (SSSR count). The minimum atomic E-state index is 0.554. The molecule has 28 heavy (non-hydrogen) atoms. The fourth-order valence-corrected chi connectivity index (χ4v) is 8.36. The average molecular weight is 383 g/mol. The Hall–Kier alpha value is -0.520. The molecule has 0 N–H and O–H groups in total. The molecule has 0 radical (unpaired) electrons. The van der Waals surface area contributed by atoms with Crippen LogP contribution in [0.4, 0.5) is 0 Å². The molecular weight excluding hydrogens is 336 g/mol. The predicted molar refractivity (Wildman–Crippen MR) is 122 cm³/mol. The van der Waals surface area contributed by atoms with Crippen LogP contribution in [-0.2, 0) is 0 Å². The molecule has 0 aromatic rings. The molecule has 0 bridgehead atoms. The van der Waals surface area contributed by atoms with Gasteiger partial charge in [-0.3, -0.25) is 0 Å². The molecule has 4 aliphatic rings. The van der Waals surface area contributed by atoms with E-state index in [1.165, 1.54) is 57.8 Å². The fourth-order valence-electron chi connectivity index (χ4n) is 8.36. The molecule has 3 fully saturated rings. The maximum Gasteiger partial charge on any atom is -0.00853 e. The van der Waals surface area contributed by atoms with Crippen LogP contribution in [0, 0.1) is 52.3 Å². The van der Waals surface area contributed by atoms with Gasteiger partial charge in [-0.25, -0.2) is 0 Å². The summed E-state index contributed by atoms with van der Waals surface area (Å²) in [5, 5.41) is 0. The first kappa shape index (κ1) is 20.7. The van der Waals surface area contributed by atoms with E-state index in [2.05, 4.69) is 59.8 Å². The van der Waals surface area contributed by atoms with Gasteiger partial charge in [-0.2, -0.15) is 0 Å². The molecule has 0 spiro atoms. The highest BCUT2D eigenvalue weighted by molar-refractivity contribution is 5.24. The Morgan fingerprint density at radius 2 is 1.71 bits per heavy atom. The minimum absolute atomic E-state index is 0.554. The molecule has 0 heteroatoms. The SMILES string of the molecule is CC(C)[C@@H](C)/C=C/[C@@H](C)[C@H]1CC[C@H]2[C@@H]3CCC4=CCCC[C@]4(C)[C@H]3CC[C@]12C. The predicted octanol–water partition coefficient (Wildman–Crippen LogP) is 8.44. The Kier molecular flexibility index (Phi) is 5.65. The van der Waals surface area contributed by atoms with E-state index in [0.717, 1.165) is 35.5 Å². The van der Waals surface area contributed by atoms with E-state index < -0.39 is 0 Å². The lowest BCUT2D eigenvalue weighted by atomic mass is 9.46. The summed E-state index contributed by atoms with van der Waals surface area (Å²) in [6.07, 6.45) is 20.9. The van der Waals surface area contributed by atoms with Gasteiger partial charge in [-0.05, 0) is 110 Å².